The molecule has 0 unspecified atom stereocenters. The van der Waals surface area contributed by atoms with Crippen molar-refractivity contribution in [3.63, 3.8) is 0 Å². The van der Waals surface area contributed by atoms with Gasteiger partial charge in [0.2, 0.25) is 0 Å². The Morgan fingerprint density at radius 1 is 0.840 bits per heavy atom. The molecule has 2 aliphatic heterocycles. The van der Waals surface area contributed by atoms with E-state index in [-0.39, 0.29) is 38.5 Å². The van der Waals surface area contributed by atoms with Crippen molar-refractivity contribution in [1.82, 2.24) is 9.80 Å². The van der Waals surface area contributed by atoms with Gasteiger partial charge >= 0.3 is 24.1 Å². The van der Waals surface area contributed by atoms with E-state index in [4.69, 9.17) is 25.8 Å². The standard InChI is InChI=1S/C26H22ClNO5.C11H19NO5/c27-16-6-5-7-17(12-16)33-18-13-24(25(29)30)28(14-18)26(31)32-15-23-21-10-3-1-8-19(21)20-9-2-4-11-22(20)23;1-11(2,3)17-10(15)12-6-7(13)5-8(12)9(14)16-4/h1-12,18,23-24H,13-15H2,(H,29,30);7-8,13H,5-6H2,1-4H3/t18-,24+;7-,8-/m10/s1. The van der Waals surface area contributed by atoms with Crippen molar-refractivity contribution < 1.29 is 48.3 Å². The lowest BCUT2D eigenvalue weighted by atomic mass is 9.98. The predicted octanol–water partition coefficient (Wildman–Crippen LogP) is 5.73. The molecule has 4 atom stereocenters. The number of aliphatic carboxylic acids is 1. The molecule has 3 aromatic carbocycles. The van der Waals surface area contributed by atoms with Crippen molar-refractivity contribution in [1.29, 1.82) is 0 Å². The van der Waals surface area contributed by atoms with Gasteiger partial charge < -0.3 is 29.2 Å². The second kappa shape index (κ2) is 15.4. The highest BCUT2D eigenvalue weighted by atomic mass is 35.5. The van der Waals surface area contributed by atoms with Crippen LogP contribution in [-0.4, -0.2) is 101 Å². The van der Waals surface area contributed by atoms with Crippen LogP contribution in [0.4, 0.5) is 9.59 Å². The normalized spacial score (nSPS) is 21.0. The first-order chi connectivity index (χ1) is 23.8. The van der Waals surface area contributed by atoms with Crippen LogP contribution in [0.2, 0.25) is 5.02 Å². The summed E-state index contributed by atoms with van der Waals surface area (Å²) in [7, 11) is 1.25. The molecule has 12 nitrogen and oxygen atoms in total. The topological polar surface area (TPSA) is 152 Å². The second-order valence-electron chi connectivity index (χ2n) is 13.3. The summed E-state index contributed by atoms with van der Waals surface area (Å²) in [6.07, 6.45) is -2.08. The van der Waals surface area contributed by atoms with E-state index >= 15 is 0 Å². The smallest absolute Gasteiger partial charge is 0.411 e. The molecule has 0 bridgehead atoms. The third-order valence-corrected chi connectivity index (χ3v) is 8.83. The van der Waals surface area contributed by atoms with E-state index in [1.165, 1.54) is 16.9 Å². The molecule has 0 radical (unpaired) electrons. The van der Waals surface area contributed by atoms with Crippen LogP contribution in [0.1, 0.15) is 50.7 Å². The van der Waals surface area contributed by atoms with E-state index in [1.807, 2.05) is 36.4 Å². The number of esters is 1. The fraction of sp³-hybridized carbons (Fsp3) is 0.405. The highest BCUT2D eigenvalue weighted by Crippen LogP contribution is 2.44. The Labute approximate surface area is 295 Å². The minimum atomic E-state index is -1.08. The van der Waals surface area contributed by atoms with Crippen LogP contribution in [0, 0.1) is 0 Å². The molecule has 2 heterocycles. The lowest BCUT2D eigenvalue weighted by molar-refractivity contribution is -0.145. The van der Waals surface area contributed by atoms with Crippen molar-refractivity contribution in [3.05, 3.63) is 88.9 Å². The number of carboxylic acids is 1. The molecule has 2 N–H and O–H groups in total. The highest BCUT2D eigenvalue weighted by Gasteiger charge is 2.43. The molecule has 6 rings (SSSR count). The van der Waals surface area contributed by atoms with Crippen molar-refractivity contribution in [2.45, 2.75) is 69.4 Å². The number of benzene rings is 3. The van der Waals surface area contributed by atoms with Gasteiger partial charge in [0.05, 0.1) is 26.3 Å². The summed E-state index contributed by atoms with van der Waals surface area (Å²) in [6.45, 7) is 5.57. The Bertz CT molecular complexity index is 1680. The first-order valence-corrected chi connectivity index (χ1v) is 16.7. The monoisotopic (exact) mass is 708 g/mol. The number of β-amino-alcohol motifs (C(OH)–C–C–N with tert-alkyl or cyclic N) is 1. The third kappa shape index (κ3) is 8.48. The molecular weight excluding hydrogens is 668 g/mol. The fourth-order valence-electron chi connectivity index (χ4n) is 6.42. The van der Waals surface area contributed by atoms with Crippen LogP contribution in [0.3, 0.4) is 0 Å². The number of hydrogen-bond acceptors (Lipinski definition) is 9. The number of halogens is 1. The molecule has 50 heavy (non-hydrogen) atoms. The number of fused-ring (bicyclic) bond motifs is 3. The minimum absolute atomic E-state index is 0.0919. The van der Waals surface area contributed by atoms with Gasteiger partial charge in [-0.05, 0) is 61.2 Å². The van der Waals surface area contributed by atoms with Gasteiger partial charge in [-0.2, -0.15) is 0 Å². The zero-order chi connectivity index (χ0) is 36.2. The average molecular weight is 709 g/mol. The Morgan fingerprint density at radius 2 is 1.46 bits per heavy atom. The Morgan fingerprint density at radius 3 is 2.04 bits per heavy atom. The summed E-state index contributed by atoms with van der Waals surface area (Å²) >= 11 is 6.01. The van der Waals surface area contributed by atoms with Crippen LogP contribution in [-0.2, 0) is 23.8 Å². The van der Waals surface area contributed by atoms with Crippen LogP contribution in [0.25, 0.3) is 11.1 Å². The largest absolute Gasteiger partial charge is 0.488 e. The van der Waals surface area contributed by atoms with Gasteiger partial charge in [0.25, 0.3) is 0 Å². The fourth-order valence-corrected chi connectivity index (χ4v) is 6.60. The molecule has 2 saturated heterocycles. The Kier molecular flexibility index (Phi) is 11.2. The Balaban J connectivity index is 0.000000242. The Hall–Kier alpha value is -4.81. The number of carbonyl (C=O) groups excluding carboxylic acids is 3. The lowest BCUT2D eigenvalue weighted by Gasteiger charge is -2.27. The number of rotatable bonds is 6. The van der Waals surface area contributed by atoms with Gasteiger partial charge in [0.1, 0.15) is 36.1 Å². The maximum absolute atomic E-state index is 13.0. The first kappa shape index (κ1) is 36.5. The summed E-state index contributed by atoms with van der Waals surface area (Å²) in [4.78, 5) is 50.5. The van der Waals surface area contributed by atoms with Crippen LogP contribution < -0.4 is 4.74 Å². The molecule has 2 amide bonds. The molecule has 0 spiro atoms. The number of likely N-dealkylation sites (tertiary alicyclic amines) is 2. The van der Waals surface area contributed by atoms with E-state index in [0.717, 1.165) is 22.3 Å². The van der Waals surface area contributed by atoms with Gasteiger partial charge in [0, 0.05) is 23.8 Å². The van der Waals surface area contributed by atoms with E-state index < -0.39 is 54.0 Å². The molecule has 266 valence electrons. The quantitative estimate of drug-likeness (QED) is 0.240. The van der Waals surface area contributed by atoms with E-state index in [0.29, 0.717) is 10.8 Å². The first-order valence-electron chi connectivity index (χ1n) is 16.3. The van der Waals surface area contributed by atoms with E-state index in [9.17, 15) is 29.4 Å². The third-order valence-electron chi connectivity index (χ3n) is 8.60. The molecule has 3 aliphatic rings. The van der Waals surface area contributed by atoms with Crippen LogP contribution in [0.15, 0.2) is 72.8 Å². The summed E-state index contributed by atoms with van der Waals surface area (Å²) in [5.74, 6) is -1.18. The van der Waals surface area contributed by atoms with E-state index in [1.54, 1.807) is 45.0 Å². The van der Waals surface area contributed by atoms with Crippen LogP contribution in [0.5, 0.6) is 5.75 Å². The number of amides is 2. The number of methoxy groups -OCH3 is 1. The van der Waals surface area contributed by atoms with Gasteiger partial charge in [-0.1, -0.05) is 66.2 Å². The van der Waals surface area contributed by atoms with Gasteiger partial charge in [-0.15, -0.1) is 0 Å². The average Bonchev–Trinajstić information content (AvgIpc) is 3.77. The van der Waals surface area contributed by atoms with Crippen molar-refractivity contribution in [2.24, 2.45) is 0 Å². The van der Waals surface area contributed by atoms with Crippen molar-refractivity contribution in [2.75, 3.05) is 26.8 Å². The number of hydrogen-bond donors (Lipinski definition) is 2. The lowest BCUT2D eigenvalue weighted by Crippen LogP contribution is -2.43. The number of carbonyl (C=O) groups is 4. The maximum atomic E-state index is 13.0. The van der Waals surface area contributed by atoms with Gasteiger partial charge in [-0.25, -0.2) is 19.2 Å². The molecule has 2 fully saturated rings. The molecule has 0 aromatic heterocycles. The van der Waals surface area contributed by atoms with Crippen LogP contribution >= 0.6 is 11.6 Å². The highest BCUT2D eigenvalue weighted by molar-refractivity contribution is 6.30. The molecule has 13 heteroatoms. The number of carboxylic acid groups (broad SMARTS) is 1. The molecule has 0 saturated carbocycles. The summed E-state index contributed by atoms with van der Waals surface area (Å²) in [6, 6.07) is 21.3. The minimum Gasteiger partial charge on any atom is -0.488 e. The zero-order valence-electron chi connectivity index (χ0n) is 28.3. The summed E-state index contributed by atoms with van der Waals surface area (Å²) in [5.41, 5.74) is 3.84. The summed E-state index contributed by atoms with van der Waals surface area (Å²) in [5, 5.41) is 19.7. The summed E-state index contributed by atoms with van der Waals surface area (Å²) < 4.78 is 21.3. The van der Waals surface area contributed by atoms with E-state index in [2.05, 4.69) is 16.9 Å². The maximum Gasteiger partial charge on any atom is 0.411 e. The zero-order valence-corrected chi connectivity index (χ0v) is 29.0. The molecule has 1 aliphatic carbocycles. The van der Waals surface area contributed by atoms with Gasteiger partial charge in [0.15, 0.2) is 0 Å². The van der Waals surface area contributed by atoms with Crippen molar-refractivity contribution >= 4 is 35.7 Å². The number of aliphatic hydroxyl groups excluding tert-OH is 1. The number of aliphatic hydroxyl groups is 1. The SMILES string of the molecule is COC(=O)[C@@H]1C[C@H](O)CN1C(=O)OC(C)(C)C.O=C(O)[C@@H]1C[C@@H](Oc2cccc(Cl)c2)CN1C(=O)OCC1c2ccccc2-c2ccccc21. The molecule has 3 aromatic rings. The van der Waals surface area contributed by atoms with Gasteiger partial charge in [-0.3, -0.25) is 9.80 Å². The number of nitrogens with zero attached hydrogens (tertiary/aromatic N) is 2. The number of ether oxygens (including phenoxy) is 4. The second-order valence-corrected chi connectivity index (χ2v) is 13.7. The van der Waals surface area contributed by atoms with Crippen molar-refractivity contribution in [3.8, 4) is 16.9 Å². The predicted molar refractivity (Wildman–Crippen MR) is 183 cm³/mol. The molecular formula is C37H41ClN2O10.